The summed E-state index contributed by atoms with van der Waals surface area (Å²) >= 11 is 3.39. The summed E-state index contributed by atoms with van der Waals surface area (Å²) in [5, 5.41) is 3.58. The van der Waals surface area contributed by atoms with Gasteiger partial charge in [-0.3, -0.25) is 4.40 Å². The van der Waals surface area contributed by atoms with Crippen LogP contribution in [0.4, 0.5) is 0 Å². The molecule has 6 heteroatoms. The lowest BCUT2D eigenvalue weighted by molar-refractivity contribution is 0.0846. The van der Waals surface area contributed by atoms with Gasteiger partial charge in [-0.15, -0.1) is 0 Å². The van der Waals surface area contributed by atoms with Crippen molar-refractivity contribution >= 4 is 21.6 Å². The predicted octanol–water partition coefficient (Wildman–Crippen LogP) is 2.15. The second-order valence-electron chi connectivity index (χ2n) is 4.88. The number of fused-ring (bicyclic) bond motifs is 1. The van der Waals surface area contributed by atoms with Crippen LogP contribution in [0.15, 0.2) is 23.2 Å². The van der Waals surface area contributed by atoms with E-state index in [-0.39, 0.29) is 0 Å². The average Bonchev–Trinajstić information content (AvgIpc) is 3.02. The zero-order chi connectivity index (χ0) is 13.2. The third kappa shape index (κ3) is 2.66. The molecule has 0 aliphatic heterocycles. The van der Waals surface area contributed by atoms with Gasteiger partial charge in [0.2, 0.25) is 0 Å². The molecule has 0 spiro atoms. The minimum Gasteiger partial charge on any atom is -0.380 e. The van der Waals surface area contributed by atoms with Crippen LogP contribution in [0.1, 0.15) is 25.0 Å². The van der Waals surface area contributed by atoms with E-state index >= 15 is 0 Å². The molecule has 2 aromatic heterocycles. The number of aromatic nitrogens is 3. The first-order chi connectivity index (χ1) is 9.28. The van der Waals surface area contributed by atoms with Crippen molar-refractivity contribution in [2.24, 2.45) is 0 Å². The van der Waals surface area contributed by atoms with E-state index in [0.717, 1.165) is 28.9 Å². The van der Waals surface area contributed by atoms with Crippen LogP contribution in [0, 0.1) is 0 Å². The molecule has 0 radical (unpaired) electrons. The summed E-state index contributed by atoms with van der Waals surface area (Å²) in [6, 6.07) is 0.445. The summed E-state index contributed by atoms with van der Waals surface area (Å²) in [5.41, 5.74) is 2.01. The molecular weight excluding hydrogens is 308 g/mol. The molecule has 19 heavy (non-hydrogen) atoms. The van der Waals surface area contributed by atoms with Crippen LogP contribution in [0.2, 0.25) is 0 Å². The number of rotatable bonds is 4. The van der Waals surface area contributed by atoms with Crippen LogP contribution in [-0.4, -0.2) is 33.6 Å². The molecule has 1 aliphatic carbocycles. The summed E-state index contributed by atoms with van der Waals surface area (Å²) < 4.78 is 8.37. The van der Waals surface area contributed by atoms with Crippen molar-refractivity contribution in [2.75, 3.05) is 7.11 Å². The van der Waals surface area contributed by atoms with Gasteiger partial charge in [0, 0.05) is 25.9 Å². The SMILES string of the molecule is COC1CCCC1NCc1cnc2cnc(Br)cn12. The van der Waals surface area contributed by atoms with Gasteiger partial charge in [-0.25, -0.2) is 9.97 Å². The average molecular weight is 325 g/mol. The van der Waals surface area contributed by atoms with Crippen molar-refractivity contribution in [1.82, 2.24) is 19.7 Å². The summed E-state index contributed by atoms with van der Waals surface area (Å²) in [4.78, 5) is 8.53. The molecule has 2 unspecified atom stereocenters. The van der Waals surface area contributed by atoms with Crippen LogP contribution in [0.25, 0.3) is 5.65 Å². The van der Waals surface area contributed by atoms with Gasteiger partial charge < -0.3 is 10.1 Å². The van der Waals surface area contributed by atoms with E-state index in [9.17, 15) is 0 Å². The quantitative estimate of drug-likeness (QED) is 0.936. The number of ether oxygens (including phenoxy) is 1. The molecule has 2 heterocycles. The van der Waals surface area contributed by atoms with E-state index < -0.39 is 0 Å². The third-order valence-corrected chi connectivity index (χ3v) is 4.15. The molecule has 1 N–H and O–H groups in total. The molecule has 0 aromatic carbocycles. The molecular formula is C13H17BrN4O. The molecule has 1 saturated carbocycles. The molecule has 5 nitrogen and oxygen atoms in total. The van der Waals surface area contributed by atoms with E-state index in [0.29, 0.717) is 12.1 Å². The summed E-state index contributed by atoms with van der Waals surface area (Å²) in [6.07, 6.45) is 9.51. The lowest BCUT2D eigenvalue weighted by atomic mass is 10.2. The minimum atomic E-state index is 0.340. The van der Waals surface area contributed by atoms with Crippen molar-refractivity contribution in [2.45, 2.75) is 38.0 Å². The number of nitrogens with zero attached hydrogens (tertiary/aromatic N) is 3. The Hall–Kier alpha value is -0.980. The van der Waals surface area contributed by atoms with E-state index in [1.807, 2.05) is 12.4 Å². The number of hydrogen-bond acceptors (Lipinski definition) is 4. The molecule has 3 rings (SSSR count). The van der Waals surface area contributed by atoms with Crippen molar-refractivity contribution in [3.05, 3.63) is 28.9 Å². The van der Waals surface area contributed by atoms with Gasteiger partial charge in [-0.2, -0.15) is 0 Å². The summed E-state index contributed by atoms with van der Waals surface area (Å²) in [5.74, 6) is 0. The summed E-state index contributed by atoms with van der Waals surface area (Å²) in [6.45, 7) is 0.794. The van der Waals surface area contributed by atoms with Crippen LogP contribution < -0.4 is 5.32 Å². The Balaban J connectivity index is 1.73. The molecule has 102 valence electrons. The van der Waals surface area contributed by atoms with Crippen molar-refractivity contribution < 1.29 is 4.74 Å². The standard InChI is InChI=1S/C13H17BrN4O/c1-19-11-4-2-3-10(11)15-5-9-6-17-13-7-16-12(14)8-18(9)13/h6-8,10-11,15H,2-5H2,1H3. The lowest BCUT2D eigenvalue weighted by Crippen LogP contribution is -2.36. The summed E-state index contributed by atoms with van der Waals surface area (Å²) in [7, 11) is 1.79. The van der Waals surface area contributed by atoms with Gasteiger partial charge in [-0.1, -0.05) is 0 Å². The Morgan fingerprint density at radius 1 is 1.42 bits per heavy atom. The zero-order valence-corrected chi connectivity index (χ0v) is 12.4. The maximum absolute atomic E-state index is 5.50. The number of nitrogens with one attached hydrogen (secondary N) is 1. The molecule has 2 aromatic rings. The second kappa shape index (κ2) is 5.56. The number of imidazole rings is 1. The molecule has 0 amide bonds. The highest BCUT2D eigenvalue weighted by Crippen LogP contribution is 2.22. The highest BCUT2D eigenvalue weighted by Gasteiger charge is 2.26. The van der Waals surface area contributed by atoms with Crippen LogP contribution >= 0.6 is 15.9 Å². The number of methoxy groups -OCH3 is 1. The molecule has 2 atom stereocenters. The topological polar surface area (TPSA) is 51.5 Å². The van der Waals surface area contributed by atoms with Crippen molar-refractivity contribution in [3.63, 3.8) is 0 Å². The Labute approximate surface area is 120 Å². The second-order valence-corrected chi connectivity index (χ2v) is 5.69. The van der Waals surface area contributed by atoms with E-state index in [1.165, 1.54) is 12.8 Å². The van der Waals surface area contributed by atoms with Crippen LogP contribution in [-0.2, 0) is 11.3 Å². The highest BCUT2D eigenvalue weighted by molar-refractivity contribution is 9.10. The zero-order valence-electron chi connectivity index (χ0n) is 10.8. The fourth-order valence-electron chi connectivity index (χ4n) is 2.72. The van der Waals surface area contributed by atoms with Crippen molar-refractivity contribution in [1.29, 1.82) is 0 Å². The first-order valence-electron chi connectivity index (χ1n) is 6.51. The molecule has 0 saturated heterocycles. The van der Waals surface area contributed by atoms with E-state index in [4.69, 9.17) is 4.74 Å². The van der Waals surface area contributed by atoms with Gasteiger partial charge in [0.25, 0.3) is 0 Å². The first-order valence-corrected chi connectivity index (χ1v) is 7.31. The minimum absolute atomic E-state index is 0.340. The highest BCUT2D eigenvalue weighted by atomic mass is 79.9. The monoisotopic (exact) mass is 324 g/mol. The third-order valence-electron chi connectivity index (χ3n) is 3.74. The Morgan fingerprint density at radius 2 is 2.32 bits per heavy atom. The fourth-order valence-corrected chi connectivity index (χ4v) is 3.03. The fraction of sp³-hybridized carbons (Fsp3) is 0.538. The predicted molar refractivity (Wildman–Crippen MR) is 76.0 cm³/mol. The van der Waals surface area contributed by atoms with Crippen LogP contribution in [0.3, 0.4) is 0 Å². The molecule has 0 bridgehead atoms. The lowest BCUT2D eigenvalue weighted by Gasteiger charge is -2.19. The Kier molecular flexibility index (Phi) is 3.81. The first kappa shape index (κ1) is 13.0. The molecule has 1 aliphatic rings. The van der Waals surface area contributed by atoms with Crippen LogP contribution in [0.5, 0.6) is 0 Å². The normalized spacial score (nSPS) is 23.3. The smallest absolute Gasteiger partial charge is 0.155 e. The van der Waals surface area contributed by atoms with E-state index in [1.54, 1.807) is 13.3 Å². The van der Waals surface area contributed by atoms with Gasteiger partial charge in [0.05, 0.1) is 24.2 Å². The van der Waals surface area contributed by atoms with E-state index in [2.05, 4.69) is 35.6 Å². The maximum atomic E-state index is 5.50. The molecule has 1 fully saturated rings. The van der Waals surface area contributed by atoms with Gasteiger partial charge >= 0.3 is 0 Å². The number of halogens is 1. The van der Waals surface area contributed by atoms with Gasteiger partial charge in [0.15, 0.2) is 5.65 Å². The van der Waals surface area contributed by atoms with Crippen molar-refractivity contribution in [3.8, 4) is 0 Å². The largest absolute Gasteiger partial charge is 0.380 e. The Bertz CT molecular complexity index is 571. The maximum Gasteiger partial charge on any atom is 0.155 e. The van der Waals surface area contributed by atoms with Gasteiger partial charge in [-0.05, 0) is 35.2 Å². The van der Waals surface area contributed by atoms with Gasteiger partial charge in [0.1, 0.15) is 4.60 Å². The number of hydrogen-bond donors (Lipinski definition) is 1. The Morgan fingerprint density at radius 3 is 3.16 bits per heavy atom.